The molecule has 0 N–H and O–H groups in total. The molecule has 0 aromatic heterocycles. The smallest absolute Gasteiger partial charge is 0.158 e. The van der Waals surface area contributed by atoms with Crippen molar-refractivity contribution in [2.45, 2.75) is 50.6 Å². The fourth-order valence-electron chi connectivity index (χ4n) is 1.54. The van der Waals surface area contributed by atoms with Gasteiger partial charge in [-0.05, 0) is 12.8 Å². The van der Waals surface area contributed by atoms with E-state index in [2.05, 4.69) is 0 Å². The molecule has 0 atom stereocenters. The zero-order chi connectivity index (χ0) is 7.23. The first-order chi connectivity index (χ1) is 4.93. The Morgan fingerprint density at radius 3 is 1.90 bits per heavy atom. The van der Waals surface area contributed by atoms with Crippen molar-refractivity contribution in [1.82, 2.24) is 0 Å². The Morgan fingerprint density at radius 1 is 0.900 bits per heavy atom. The summed E-state index contributed by atoms with van der Waals surface area (Å²) in [7, 11) is 0.384. The maximum absolute atomic E-state index is 10.5. The highest BCUT2D eigenvalue weighted by atomic mass is 31.1. The van der Waals surface area contributed by atoms with Gasteiger partial charge in [0.15, 0.2) is 8.46 Å². The molecule has 1 aliphatic carbocycles. The van der Waals surface area contributed by atoms with Crippen LogP contribution < -0.4 is 0 Å². The second kappa shape index (κ2) is 4.85. The minimum Gasteiger partial charge on any atom is -0.275 e. The molecule has 1 fully saturated rings. The SMILES string of the molecule is O=PC1CCCCCCC1. The first-order valence-corrected chi connectivity index (χ1v) is 5.14. The van der Waals surface area contributed by atoms with E-state index in [9.17, 15) is 4.57 Å². The fraction of sp³-hybridized carbons (Fsp3) is 1.00. The van der Waals surface area contributed by atoms with Crippen LogP contribution in [0, 0.1) is 0 Å². The Bertz CT molecular complexity index is 95.4. The summed E-state index contributed by atoms with van der Waals surface area (Å²) < 4.78 is 10.5. The van der Waals surface area contributed by atoms with E-state index in [1.165, 1.54) is 44.9 Å². The lowest BCUT2D eigenvalue weighted by Crippen LogP contribution is -2.01. The molecule has 1 rings (SSSR count). The topological polar surface area (TPSA) is 17.1 Å². The van der Waals surface area contributed by atoms with Crippen LogP contribution in [0.25, 0.3) is 0 Å². The van der Waals surface area contributed by atoms with E-state index in [1.807, 2.05) is 0 Å². The Morgan fingerprint density at radius 2 is 1.40 bits per heavy atom. The molecule has 0 heterocycles. The summed E-state index contributed by atoms with van der Waals surface area (Å²) in [5.41, 5.74) is 0.486. The second-order valence-corrected chi connectivity index (χ2v) is 4.05. The van der Waals surface area contributed by atoms with E-state index in [-0.39, 0.29) is 0 Å². The third-order valence-electron chi connectivity index (χ3n) is 2.22. The maximum atomic E-state index is 10.5. The van der Waals surface area contributed by atoms with Gasteiger partial charge in [0.05, 0.1) is 0 Å². The summed E-state index contributed by atoms with van der Waals surface area (Å²) >= 11 is 0. The average Bonchev–Trinajstić information content (AvgIpc) is 1.87. The lowest BCUT2D eigenvalue weighted by molar-refractivity contribution is 0.499. The van der Waals surface area contributed by atoms with Crippen molar-refractivity contribution < 1.29 is 4.57 Å². The van der Waals surface area contributed by atoms with Crippen LogP contribution in [-0.2, 0) is 4.57 Å². The van der Waals surface area contributed by atoms with Crippen LogP contribution in [0.15, 0.2) is 0 Å². The molecule has 0 spiro atoms. The first-order valence-electron chi connectivity index (χ1n) is 4.26. The minimum absolute atomic E-state index is 0.384. The third kappa shape index (κ3) is 2.79. The number of rotatable bonds is 1. The molecule has 1 aliphatic rings. The zero-order valence-corrected chi connectivity index (χ0v) is 7.28. The molecule has 0 aromatic rings. The van der Waals surface area contributed by atoms with Gasteiger partial charge in [-0.3, -0.25) is 4.57 Å². The molecular formula is C8H15OP. The van der Waals surface area contributed by atoms with Gasteiger partial charge < -0.3 is 0 Å². The van der Waals surface area contributed by atoms with Crippen molar-refractivity contribution in [2.75, 3.05) is 0 Å². The molecule has 0 unspecified atom stereocenters. The Labute approximate surface area is 64.4 Å². The number of hydrogen-bond donors (Lipinski definition) is 0. The van der Waals surface area contributed by atoms with E-state index in [0.717, 1.165) is 0 Å². The summed E-state index contributed by atoms with van der Waals surface area (Å²) in [5, 5.41) is 0. The highest BCUT2D eigenvalue weighted by Crippen LogP contribution is 2.24. The normalized spacial score (nSPS) is 24.0. The van der Waals surface area contributed by atoms with Gasteiger partial charge in [-0.15, -0.1) is 0 Å². The maximum Gasteiger partial charge on any atom is 0.158 e. The van der Waals surface area contributed by atoms with Gasteiger partial charge in [-0.25, -0.2) is 0 Å². The Balaban J connectivity index is 2.22. The van der Waals surface area contributed by atoms with Gasteiger partial charge >= 0.3 is 0 Å². The monoisotopic (exact) mass is 158 g/mol. The van der Waals surface area contributed by atoms with Crippen LogP contribution in [0.5, 0.6) is 0 Å². The Hall–Kier alpha value is 0.100. The molecule has 0 aliphatic heterocycles. The lowest BCUT2D eigenvalue weighted by Gasteiger charge is -2.12. The van der Waals surface area contributed by atoms with Crippen LogP contribution in [-0.4, -0.2) is 5.66 Å². The van der Waals surface area contributed by atoms with Gasteiger partial charge in [0.2, 0.25) is 0 Å². The van der Waals surface area contributed by atoms with Crippen LogP contribution in [0.2, 0.25) is 0 Å². The van der Waals surface area contributed by atoms with E-state index in [1.54, 1.807) is 0 Å². The fourth-order valence-corrected chi connectivity index (χ4v) is 2.12. The highest BCUT2D eigenvalue weighted by Gasteiger charge is 2.09. The van der Waals surface area contributed by atoms with Crippen molar-refractivity contribution in [3.63, 3.8) is 0 Å². The molecule has 10 heavy (non-hydrogen) atoms. The van der Waals surface area contributed by atoms with Crippen molar-refractivity contribution in [3.8, 4) is 0 Å². The van der Waals surface area contributed by atoms with E-state index >= 15 is 0 Å². The molecule has 0 amide bonds. The lowest BCUT2D eigenvalue weighted by atomic mass is 10.0. The molecule has 1 nitrogen and oxygen atoms in total. The summed E-state index contributed by atoms with van der Waals surface area (Å²) in [6.07, 6.45) is 9.05. The molecule has 58 valence electrons. The number of hydrogen-bond acceptors (Lipinski definition) is 1. The Kier molecular flexibility index (Phi) is 3.97. The molecule has 0 aromatic carbocycles. The van der Waals surface area contributed by atoms with Crippen LogP contribution in [0.4, 0.5) is 0 Å². The molecule has 0 bridgehead atoms. The van der Waals surface area contributed by atoms with Crippen molar-refractivity contribution in [1.29, 1.82) is 0 Å². The van der Waals surface area contributed by atoms with Gasteiger partial charge in [-0.1, -0.05) is 32.1 Å². The van der Waals surface area contributed by atoms with E-state index in [4.69, 9.17) is 0 Å². The van der Waals surface area contributed by atoms with Crippen LogP contribution in [0.1, 0.15) is 44.9 Å². The van der Waals surface area contributed by atoms with Crippen molar-refractivity contribution in [2.24, 2.45) is 0 Å². The van der Waals surface area contributed by atoms with Crippen molar-refractivity contribution in [3.05, 3.63) is 0 Å². The summed E-state index contributed by atoms with van der Waals surface area (Å²) in [6.45, 7) is 0. The average molecular weight is 158 g/mol. The van der Waals surface area contributed by atoms with Crippen LogP contribution >= 0.6 is 8.46 Å². The third-order valence-corrected chi connectivity index (χ3v) is 3.04. The summed E-state index contributed by atoms with van der Waals surface area (Å²) in [5.74, 6) is 0. The largest absolute Gasteiger partial charge is 0.275 e. The van der Waals surface area contributed by atoms with Gasteiger partial charge in [0, 0.05) is 5.66 Å². The predicted molar refractivity (Wildman–Crippen MR) is 43.7 cm³/mol. The zero-order valence-electron chi connectivity index (χ0n) is 6.38. The molecule has 0 saturated heterocycles. The molecular weight excluding hydrogens is 143 g/mol. The standard InChI is InChI=1S/C8H15OP/c9-10-8-6-4-2-1-3-5-7-8/h8H,1-7H2. The summed E-state index contributed by atoms with van der Waals surface area (Å²) in [4.78, 5) is 0. The first kappa shape index (κ1) is 8.20. The van der Waals surface area contributed by atoms with E-state index in [0.29, 0.717) is 14.1 Å². The molecule has 2 heteroatoms. The second-order valence-electron chi connectivity index (χ2n) is 3.10. The molecule has 0 radical (unpaired) electrons. The molecule has 1 saturated carbocycles. The van der Waals surface area contributed by atoms with Gasteiger partial charge in [-0.2, -0.15) is 0 Å². The predicted octanol–water partition coefficient (Wildman–Crippen LogP) is 3.39. The van der Waals surface area contributed by atoms with Gasteiger partial charge in [0.1, 0.15) is 0 Å². The summed E-state index contributed by atoms with van der Waals surface area (Å²) in [6, 6.07) is 0. The van der Waals surface area contributed by atoms with Crippen LogP contribution in [0.3, 0.4) is 0 Å². The quantitative estimate of drug-likeness (QED) is 0.534. The minimum atomic E-state index is 0.384. The van der Waals surface area contributed by atoms with E-state index < -0.39 is 0 Å². The van der Waals surface area contributed by atoms with Gasteiger partial charge in [0.25, 0.3) is 0 Å². The highest BCUT2D eigenvalue weighted by molar-refractivity contribution is 7.24. The van der Waals surface area contributed by atoms with Crippen molar-refractivity contribution >= 4 is 8.46 Å².